The highest BCUT2D eigenvalue weighted by Crippen LogP contribution is 2.28. The van der Waals surface area contributed by atoms with Crippen molar-refractivity contribution in [3.63, 3.8) is 0 Å². The minimum atomic E-state index is -1.24. The Bertz CT molecular complexity index is 921. The van der Waals surface area contributed by atoms with Crippen LogP contribution < -0.4 is 5.73 Å². The summed E-state index contributed by atoms with van der Waals surface area (Å²) >= 11 is 0. The van der Waals surface area contributed by atoms with Gasteiger partial charge >= 0.3 is 0 Å². The molecule has 2 atom stereocenters. The molecule has 2 N–H and O–H groups in total. The summed E-state index contributed by atoms with van der Waals surface area (Å²) in [6.45, 7) is 3.53. The number of rotatable bonds is 5. The first kappa shape index (κ1) is 20.6. The van der Waals surface area contributed by atoms with Gasteiger partial charge in [-0.2, -0.15) is 0 Å². The number of morpholine rings is 1. The van der Waals surface area contributed by atoms with E-state index in [0.29, 0.717) is 19.6 Å². The van der Waals surface area contributed by atoms with Gasteiger partial charge in [0.05, 0.1) is 13.2 Å². The van der Waals surface area contributed by atoms with Gasteiger partial charge in [-0.05, 0) is 36.5 Å². The third-order valence-corrected chi connectivity index (χ3v) is 5.95. The lowest BCUT2D eigenvalue weighted by molar-refractivity contribution is -0.167. The molecule has 0 unspecified atom stereocenters. The van der Waals surface area contributed by atoms with Crippen LogP contribution in [-0.4, -0.2) is 54.7 Å². The molecule has 0 bridgehead atoms. The lowest BCUT2D eigenvalue weighted by Crippen LogP contribution is -2.62. The molecule has 0 radical (unpaired) electrons. The second-order valence-electron chi connectivity index (χ2n) is 8.21. The Morgan fingerprint density at radius 2 is 1.93 bits per heavy atom. The molecule has 2 amide bonds. The van der Waals surface area contributed by atoms with Gasteiger partial charge in [-0.3, -0.25) is 9.59 Å². The Morgan fingerprint density at radius 1 is 1.13 bits per heavy atom. The van der Waals surface area contributed by atoms with Gasteiger partial charge in [0.2, 0.25) is 0 Å². The SMILES string of the molecule is Cc1ccc(-c2cccc(C[C@]3(C(N)=O)CN(C(=O)[C@H]4CCCO4)CCO3)c2)cc1. The van der Waals surface area contributed by atoms with Crippen molar-refractivity contribution in [2.75, 3.05) is 26.3 Å². The van der Waals surface area contributed by atoms with E-state index in [1.165, 1.54) is 5.56 Å². The van der Waals surface area contributed by atoms with Crippen molar-refractivity contribution in [3.05, 3.63) is 59.7 Å². The molecule has 0 aromatic heterocycles. The van der Waals surface area contributed by atoms with Crippen molar-refractivity contribution >= 4 is 11.8 Å². The number of primary amides is 1. The maximum Gasteiger partial charge on any atom is 0.251 e. The summed E-state index contributed by atoms with van der Waals surface area (Å²) in [5.41, 5.74) is 8.88. The van der Waals surface area contributed by atoms with Crippen molar-refractivity contribution < 1.29 is 19.1 Å². The molecule has 4 rings (SSSR count). The summed E-state index contributed by atoms with van der Waals surface area (Å²) in [6, 6.07) is 16.3. The van der Waals surface area contributed by atoms with Crippen LogP contribution in [0.25, 0.3) is 11.1 Å². The van der Waals surface area contributed by atoms with Crippen molar-refractivity contribution in [3.8, 4) is 11.1 Å². The molecule has 2 aliphatic rings. The maximum atomic E-state index is 12.8. The Balaban J connectivity index is 1.56. The zero-order valence-corrected chi connectivity index (χ0v) is 17.3. The first-order valence-electron chi connectivity index (χ1n) is 10.5. The van der Waals surface area contributed by atoms with Crippen molar-refractivity contribution in [1.29, 1.82) is 0 Å². The van der Waals surface area contributed by atoms with Crippen LogP contribution in [0.2, 0.25) is 0 Å². The van der Waals surface area contributed by atoms with Crippen molar-refractivity contribution in [1.82, 2.24) is 4.90 Å². The molecule has 0 aliphatic carbocycles. The average Bonchev–Trinajstić information content (AvgIpc) is 3.29. The number of hydrogen-bond acceptors (Lipinski definition) is 4. The van der Waals surface area contributed by atoms with Crippen molar-refractivity contribution in [2.24, 2.45) is 5.73 Å². The van der Waals surface area contributed by atoms with E-state index >= 15 is 0 Å². The molecule has 2 aromatic rings. The molecule has 6 heteroatoms. The molecule has 6 nitrogen and oxygen atoms in total. The van der Waals surface area contributed by atoms with Gasteiger partial charge in [0.25, 0.3) is 11.8 Å². The van der Waals surface area contributed by atoms with Crippen LogP contribution in [0.15, 0.2) is 48.5 Å². The highest BCUT2D eigenvalue weighted by molar-refractivity contribution is 5.87. The minimum absolute atomic E-state index is 0.0742. The normalized spacial score (nSPS) is 24.0. The van der Waals surface area contributed by atoms with Gasteiger partial charge in [0, 0.05) is 19.6 Å². The number of hydrogen-bond donors (Lipinski definition) is 1. The third-order valence-electron chi connectivity index (χ3n) is 5.95. The van der Waals surface area contributed by atoms with Gasteiger partial charge in [-0.25, -0.2) is 0 Å². The first-order chi connectivity index (χ1) is 14.5. The molecule has 158 valence electrons. The van der Waals surface area contributed by atoms with Gasteiger partial charge in [-0.15, -0.1) is 0 Å². The largest absolute Gasteiger partial charge is 0.368 e. The summed E-state index contributed by atoms with van der Waals surface area (Å²) in [5, 5.41) is 0. The molecule has 2 heterocycles. The topological polar surface area (TPSA) is 81.9 Å². The maximum absolute atomic E-state index is 12.8. The molecule has 2 fully saturated rings. The number of nitrogens with two attached hydrogens (primary N) is 1. The zero-order valence-electron chi connectivity index (χ0n) is 17.3. The summed E-state index contributed by atoms with van der Waals surface area (Å²) in [4.78, 5) is 27.0. The monoisotopic (exact) mass is 408 g/mol. The molecule has 2 aromatic carbocycles. The molecular weight excluding hydrogens is 380 g/mol. The second-order valence-corrected chi connectivity index (χ2v) is 8.21. The van der Waals surface area contributed by atoms with Crippen LogP contribution in [-0.2, 0) is 25.5 Å². The second kappa shape index (κ2) is 8.58. The predicted octanol–water partition coefficient (Wildman–Crippen LogP) is 2.47. The number of carbonyl (C=O) groups excluding carboxylic acids is 2. The summed E-state index contributed by atoms with van der Waals surface area (Å²) in [7, 11) is 0. The highest BCUT2D eigenvalue weighted by Gasteiger charge is 2.45. The van der Waals surface area contributed by atoms with Crippen LogP contribution >= 0.6 is 0 Å². The van der Waals surface area contributed by atoms with Gasteiger partial charge in [0.15, 0.2) is 5.60 Å². The smallest absolute Gasteiger partial charge is 0.251 e. The van der Waals surface area contributed by atoms with Crippen molar-refractivity contribution in [2.45, 2.75) is 37.9 Å². The number of carbonyl (C=O) groups is 2. The van der Waals surface area contributed by atoms with Gasteiger partial charge in [-0.1, -0.05) is 54.1 Å². The Kier molecular flexibility index (Phi) is 5.88. The van der Waals surface area contributed by atoms with E-state index in [2.05, 4.69) is 37.3 Å². The van der Waals surface area contributed by atoms with E-state index < -0.39 is 17.6 Å². The number of nitrogens with zero attached hydrogens (tertiary/aromatic N) is 1. The van der Waals surface area contributed by atoms with E-state index in [1.54, 1.807) is 4.90 Å². The van der Waals surface area contributed by atoms with E-state index in [1.807, 2.05) is 18.2 Å². The Labute approximate surface area is 177 Å². The number of benzene rings is 2. The minimum Gasteiger partial charge on any atom is -0.368 e. The number of aryl methyl sites for hydroxylation is 1. The number of amides is 2. The van der Waals surface area contributed by atoms with Gasteiger partial charge in [0.1, 0.15) is 6.10 Å². The average molecular weight is 408 g/mol. The van der Waals surface area contributed by atoms with Crippen LogP contribution in [0, 0.1) is 6.92 Å². The Hall–Kier alpha value is -2.70. The number of ether oxygens (including phenoxy) is 2. The van der Waals surface area contributed by atoms with Gasteiger partial charge < -0.3 is 20.1 Å². The fourth-order valence-corrected chi connectivity index (χ4v) is 4.23. The quantitative estimate of drug-likeness (QED) is 0.824. The highest BCUT2D eigenvalue weighted by atomic mass is 16.5. The third kappa shape index (κ3) is 4.25. The zero-order chi connectivity index (χ0) is 21.1. The molecule has 2 aliphatic heterocycles. The lowest BCUT2D eigenvalue weighted by Gasteiger charge is -2.41. The van der Waals surface area contributed by atoms with E-state index in [0.717, 1.165) is 29.5 Å². The molecule has 0 spiro atoms. The van der Waals surface area contributed by atoms with E-state index in [-0.39, 0.29) is 19.1 Å². The fourth-order valence-electron chi connectivity index (χ4n) is 4.23. The summed E-state index contributed by atoms with van der Waals surface area (Å²) in [5.74, 6) is -0.622. The van der Waals surface area contributed by atoms with Crippen LogP contribution in [0.3, 0.4) is 0 Å². The summed E-state index contributed by atoms with van der Waals surface area (Å²) in [6.07, 6.45) is 1.50. The molecule has 30 heavy (non-hydrogen) atoms. The van der Waals surface area contributed by atoms with E-state index in [9.17, 15) is 9.59 Å². The molecule has 2 saturated heterocycles. The van der Waals surface area contributed by atoms with Crippen LogP contribution in [0.5, 0.6) is 0 Å². The van der Waals surface area contributed by atoms with Crippen LogP contribution in [0.4, 0.5) is 0 Å². The Morgan fingerprint density at radius 3 is 2.63 bits per heavy atom. The van der Waals surface area contributed by atoms with E-state index in [4.69, 9.17) is 15.2 Å². The molecular formula is C24H28N2O4. The van der Waals surface area contributed by atoms with Crippen LogP contribution in [0.1, 0.15) is 24.0 Å². The summed E-state index contributed by atoms with van der Waals surface area (Å²) < 4.78 is 11.5. The lowest BCUT2D eigenvalue weighted by atomic mass is 9.90. The predicted molar refractivity (Wildman–Crippen MR) is 114 cm³/mol. The fraction of sp³-hybridized carbons (Fsp3) is 0.417. The first-order valence-corrected chi connectivity index (χ1v) is 10.5. The molecule has 0 saturated carbocycles. The standard InChI is InChI=1S/C24H28N2O4/c1-17-7-9-19(10-8-17)20-5-2-4-18(14-20)15-24(23(25)28)16-26(11-13-30-24)22(27)21-6-3-12-29-21/h2,4-5,7-10,14,21H,3,6,11-13,15-16H2,1H3,(H2,25,28)/t21-,24-/m1/s1.